The second kappa shape index (κ2) is 7.61. The molecular formula is C18H20N2O4. The third-order valence-corrected chi connectivity index (χ3v) is 3.51. The van der Waals surface area contributed by atoms with E-state index in [2.05, 4.69) is 10.6 Å². The Balaban J connectivity index is 2.13. The highest BCUT2D eigenvalue weighted by Gasteiger charge is 2.14. The van der Waals surface area contributed by atoms with Crippen molar-refractivity contribution in [1.82, 2.24) is 0 Å². The maximum Gasteiger partial charge on any atom is 0.259 e. The van der Waals surface area contributed by atoms with Gasteiger partial charge in [-0.25, -0.2) is 0 Å². The summed E-state index contributed by atoms with van der Waals surface area (Å²) in [5.41, 5.74) is 2.10. The number of nitrogens with one attached hydrogen (secondary N) is 2. The Morgan fingerprint density at radius 2 is 1.75 bits per heavy atom. The van der Waals surface area contributed by atoms with Crippen molar-refractivity contribution in [1.29, 1.82) is 0 Å². The van der Waals surface area contributed by atoms with Gasteiger partial charge in [-0.2, -0.15) is 0 Å². The van der Waals surface area contributed by atoms with E-state index in [9.17, 15) is 14.7 Å². The van der Waals surface area contributed by atoms with Crippen molar-refractivity contribution < 1.29 is 19.4 Å². The monoisotopic (exact) mass is 328 g/mol. The minimum Gasteiger partial charge on any atom is -0.507 e. The highest BCUT2D eigenvalue weighted by molar-refractivity contribution is 6.06. The van der Waals surface area contributed by atoms with Gasteiger partial charge >= 0.3 is 0 Å². The fourth-order valence-electron chi connectivity index (χ4n) is 2.06. The van der Waals surface area contributed by atoms with Gasteiger partial charge in [0.15, 0.2) is 0 Å². The number of carbonyl (C=O) groups excluding carboxylic acids is 2. The van der Waals surface area contributed by atoms with Gasteiger partial charge in [0, 0.05) is 18.5 Å². The van der Waals surface area contributed by atoms with Crippen LogP contribution in [0.5, 0.6) is 5.75 Å². The molecule has 6 heteroatoms. The highest BCUT2D eigenvalue weighted by atomic mass is 16.5. The van der Waals surface area contributed by atoms with Gasteiger partial charge in [-0.05, 0) is 44.2 Å². The van der Waals surface area contributed by atoms with E-state index in [0.717, 1.165) is 5.56 Å². The number of hydrogen-bond donors (Lipinski definition) is 3. The van der Waals surface area contributed by atoms with E-state index >= 15 is 0 Å². The molecule has 0 aliphatic rings. The maximum atomic E-state index is 12.3. The first-order valence-corrected chi connectivity index (χ1v) is 7.45. The average Bonchev–Trinajstić information content (AvgIpc) is 2.56. The normalized spacial score (nSPS) is 11.6. The molecule has 0 aromatic heterocycles. The zero-order valence-electron chi connectivity index (χ0n) is 13.8. The number of phenols is 1. The molecule has 24 heavy (non-hydrogen) atoms. The zero-order valence-corrected chi connectivity index (χ0v) is 13.8. The number of rotatable bonds is 5. The van der Waals surface area contributed by atoms with Crippen molar-refractivity contribution >= 4 is 23.2 Å². The van der Waals surface area contributed by atoms with Crippen LogP contribution in [0.3, 0.4) is 0 Å². The van der Waals surface area contributed by atoms with Crippen molar-refractivity contribution in [3.63, 3.8) is 0 Å². The summed E-state index contributed by atoms with van der Waals surface area (Å²) in [5.74, 6) is -0.793. The molecular weight excluding hydrogens is 308 g/mol. The van der Waals surface area contributed by atoms with E-state index in [1.54, 1.807) is 43.3 Å². The number of amides is 2. The lowest BCUT2D eigenvalue weighted by atomic mass is 10.1. The molecule has 1 atom stereocenters. The Labute approximate surface area is 140 Å². The topological polar surface area (TPSA) is 87.7 Å². The minimum absolute atomic E-state index is 0.0866. The lowest BCUT2D eigenvalue weighted by Gasteiger charge is -2.12. The number of methoxy groups -OCH3 is 1. The summed E-state index contributed by atoms with van der Waals surface area (Å²) >= 11 is 0. The van der Waals surface area contributed by atoms with Crippen LogP contribution in [-0.2, 0) is 9.53 Å². The van der Waals surface area contributed by atoms with Crippen LogP contribution in [0.15, 0.2) is 42.5 Å². The lowest BCUT2D eigenvalue weighted by molar-refractivity contribution is -0.124. The first-order chi connectivity index (χ1) is 11.4. The number of aryl methyl sites for hydroxylation is 1. The molecule has 126 valence electrons. The van der Waals surface area contributed by atoms with Gasteiger partial charge in [0.2, 0.25) is 0 Å². The molecule has 0 aliphatic carbocycles. The van der Waals surface area contributed by atoms with E-state index in [1.165, 1.54) is 13.2 Å². The maximum absolute atomic E-state index is 12.3. The molecule has 1 unspecified atom stereocenters. The number of aromatic hydroxyl groups is 1. The Kier molecular flexibility index (Phi) is 5.55. The van der Waals surface area contributed by atoms with Gasteiger partial charge in [0.05, 0.1) is 5.56 Å². The first kappa shape index (κ1) is 17.5. The van der Waals surface area contributed by atoms with E-state index in [0.29, 0.717) is 11.4 Å². The molecule has 0 saturated carbocycles. The summed E-state index contributed by atoms with van der Waals surface area (Å²) in [6.45, 7) is 3.48. The Morgan fingerprint density at radius 3 is 2.42 bits per heavy atom. The smallest absolute Gasteiger partial charge is 0.259 e. The Bertz CT molecular complexity index is 758. The summed E-state index contributed by atoms with van der Waals surface area (Å²) in [6, 6.07) is 11.5. The van der Waals surface area contributed by atoms with E-state index in [4.69, 9.17) is 4.74 Å². The van der Waals surface area contributed by atoms with Crippen LogP contribution in [0, 0.1) is 6.92 Å². The zero-order chi connectivity index (χ0) is 17.7. The largest absolute Gasteiger partial charge is 0.507 e. The second-order valence-corrected chi connectivity index (χ2v) is 5.42. The molecule has 0 heterocycles. The number of hydrogen-bond acceptors (Lipinski definition) is 4. The molecule has 0 saturated heterocycles. The van der Waals surface area contributed by atoms with Gasteiger partial charge in [0.25, 0.3) is 11.8 Å². The van der Waals surface area contributed by atoms with Crippen LogP contribution in [-0.4, -0.2) is 30.1 Å². The van der Waals surface area contributed by atoms with Crippen molar-refractivity contribution in [3.05, 3.63) is 53.6 Å². The molecule has 2 aromatic carbocycles. The molecule has 0 spiro atoms. The summed E-state index contributed by atoms with van der Waals surface area (Å²) in [5, 5.41) is 15.2. The molecule has 6 nitrogen and oxygen atoms in total. The second-order valence-electron chi connectivity index (χ2n) is 5.42. The van der Waals surface area contributed by atoms with E-state index in [-0.39, 0.29) is 17.2 Å². The molecule has 2 aromatic rings. The predicted octanol–water partition coefficient (Wildman–Crippen LogP) is 2.93. The summed E-state index contributed by atoms with van der Waals surface area (Å²) in [7, 11) is 1.45. The van der Waals surface area contributed by atoms with E-state index < -0.39 is 12.0 Å². The molecule has 2 amide bonds. The Morgan fingerprint density at radius 1 is 1.08 bits per heavy atom. The van der Waals surface area contributed by atoms with Gasteiger partial charge < -0.3 is 20.5 Å². The van der Waals surface area contributed by atoms with Crippen molar-refractivity contribution in [3.8, 4) is 5.75 Å². The molecule has 0 bridgehead atoms. The number of anilines is 2. The van der Waals surface area contributed by atoms with Gasteiger partial charge in [-0.3, -0.25) is 9.59 Å². The molecule has 0 aliphatic heterocycles. The van der Waals surface area contributed by atoms with Crippen LogP contribution in [0.25, 0.3) is 0 Å². The highest BCUT2D eigenvalue weighted by Crippen LogP contribution is 2.21. The standard InChI is InChI=1S/C18H20N2O4/c1-11-7-8-16(21)15(9-11)18(23)20-14-6-4-5-13(10-14)19-17(22)12(2)24-3/h4-10,12,21H,1-3H3,(H,19,22)(H,20,23). The molecule has 0 radical (unpaired) electrons. The first-order valence-electron chi connectivity index (χ1n) is 7.45. The Hall–Kier alpha value is -2.86. The SMILES string of the molecule is COC(C)C(=O)Nc1cccc(NC(=O)c2cc(C)ccc2O)c1. The third kappa shape index (κ3) is 4.33. The number of phenolic OH excluding ortho intramolecular Hbond substituents is 1. The number of ether oxygens (including phenoxy) is 1. The summed E-state index contributed by atoms with van der Waals surface area (Å²) in [4.78, 5) is 24.1. The summed E-state index contributed by atoms with van der Waals surface area (Å²) < 4.78 is 4.95. The molecule has 3 N–H and O–H groups in total. The van der Waals surface area contributed by atoms with Crippen molar-refractivity contribution in [2.75, 3.05) is 17.7 Å². The lowest BCUT2D eigenvalue weighted by Crippen LogP contribution is -2.26. The minimum atomic E-state index is -0.576. The number of carbonyl (C=O) groups is 2. The van der Waals surface area contributed by atoms with E-state index in [1.807, 2.05) is 6.92 Å². The number of benzene rings is 2. The quantitative estimate of drug-likeness (QED) is 0.787. The van der Waals surface area contributed by atoms with Crippen LogP contribution in [0.4, 0.5) is 11.4 Å². The average molecular weight is 328 g/mol. The van der Waals surface area contributed by atoms with Crippen LogP contribution in [0.1, 0.15) is 22.8 Å². The predicted molar refractivity (Wildman–Crippen MR) is 92.3 cm³/mol. The van der Waals surface area contributed by atoms with Crippen molar-refractivity contribution in [2.24, 2.45) is 0 Å². The van der Waals surface area contributed by atoms with Gasteiger partial charge in [-0.15, -0.1) is 0 Å². The molecule has 0 fully saturated rings. The van der Waals surface area contributed by atoms with Crippen LogP contribution >= 0.6 is 0 Å². The third-order valence-electron chi connectivity index (χ3n) is 3.51. The fourth-order valence-corrected chi connectivity index (χ4v) is 2.06. The van der Waals surface area contributed by atoms with Gasteiger partial charge in [-0.1, -0.05) is 17.7 Å². The molecule has 2 rings (SSSR count). The fraction of sp³-hybridized carbons (Fsp3) is 0.222. The van der Waals surface area contributed by atoms with Crippen LogP contribution < -0.4 is 10.6 Å². The van der Waals surface area contributed by atoms with Gasteiger partial charge in [0.1, 0.15) is 11.9 Å². The van der Waals surface area contributed by atoms with Crippen molar-refractivity contribution in [2.45, 2.75) is 20.0 Å². The van der Waals surface area contributed by atoms with Crippen LogP contribution in [0.2, 0.25) is 0 Å². The summed E-state index contributed by atoms with van der Waals surface area (Å²) in [6.07, 6.45) is -0.576.